The minimum absolute atomic E-state index is 0.161. The third kappa shape index (κ3) is 4.68. The highest BCUT2D eigenvalue weighted by molar-refractivity contribution is 6.10. The third-order valence-corrected chi connectivity index (χ3v) is 6.56. The molecule has 1 aromatic rings. The predicted molar refractivity (Wildman–Crippen MR) is 118 cm³/mol. The van der Waals surface area contributed by atoms with Crippen molar-refractivity contribution in [3.05, 3.63) is 36.4 Å². The predicted octanol–water partition coefficient (Wildman–Crippen LogP) is 4.31. The minimum atomic E-state index is -0.801. The van der Waals surface area contributed by atoms with Crippen molar-refractivity contribution >= 4 is 23.4 Å². The molecule has 1 N–H and O–H groups in total. The van der Waals surface area contributed by atoms with E-state index in [0.717, 1.165) is 18.6 Å². The molecular formula is C25H32N2O4. The topological polar surface area (TPSA) is 75.7 Å². The summed E-state index contributed by atoms with van der Waals surface area (Å²) in [6.07, 6.45) is 10.2. The molecule has 1 aliphatic heterocycles. The molecule has 1 aromatic carbocycles. The number of ether oxygens (including phenoxy) is 1. The Bertz CT molecular complexity index is 846. The van der Waals surface area contributed by atoms with Crippen LogP contribution in [-0.2, 0) is 14.4 Å². The number of allylic oxidation sites excluding steroid dienone is 2. The number of rotatable bonds is 7. The molecule has 6 heteroatoms. The highest BCUT2D eigenvalue weighted by atomic mass is 16.5. The van der Waals surface area contributed by atoms with Crippen molar-refractivity contribution in [3.63, 3.8) is 0 Å². The van der Waals surface area contributed by atoms with Crippen LogP contribution >= 0.6 is 0 Å². The lowest BCUT2D eigenvalue weighted by molar-refractivity contribution is -0.147. The average Bonchev–Trinajstić information content (AvgIpc) is 3.34. The molecule has 166 valence electrons. The summed E-state index contributed by atoms with van der Waals surface area (Å²) in [5.74, 6) is -0.507. The quantitative estimate of drug-likeness (QED) is 0.523. The van der Waals surface area contributed by atoms with Crippen molar-refractivity contribution in [2.75, 3.05) is 5.32 Å². The average molecular weight is 425 g/mol. The Kier molecular flexibility index (Phi) is 6.44. The van der Waals surface area contributed by atoms with E-state index < -0.39 is 6.04 Å². The molecule has 4 rings (SSSR count). The molecule has 3 atom stereocenters. The minimum Gasteiger partial charge on any atom is -0.490 e. The van der Waals surface area contributed by atoms with Gasteiger partial charge in [-0.1, -0.05) is 32.1 Å². The molecule has 6 nitrogen and oxygen atoms in total. The molecule has 0 bridgehead atoms. The highest BCUT2D eigenvalue weighted by Crippen LogP contribution is 2.37. The number of benzene rings is 1. The van der Waals surface area contributed by atoms with E-state index in [1.165, 1.54) is 17.7 Å². The summed E-state index contributed by atoms with van der Waals surface area (Å²) in [6.45, 7) is 3.99. The van der Waals surface area contributed by atoms with Gasteiger partial charge >= 0.3 is 0 Å². The maximum atomic E-state index is 13.3. The van der Waals surface area contributed by atoms with E-state index in [2.05, 4.69) is 5.32 Å². The van der Waals surface area contributed by atoms with Gasteiger partial charge in [0, 0.05) is 11.8 Å². The first-order chi connectivity index (χ1) is 14.9. The standard InChI is InChI=1S/C25H32N2O4/c1-16(2)14-22(27-24(29)20-12-5-6-13-21(20)25(27)30)23(28)26-17-8-7-11-19(15-17)31-18-9-3-4-10-18/h5-8,11,15-16,18,20-22H,3-4,9-10,12-14H2,1-2H3,(H,26,28). The number of amides is 3. The number of anilines is 1. The molecule has 1 saturated carbocycles. The molecule has 0 aromatic heterocycles. The zero-order valence-corrected chi connectivity index (χ0v) is 18.4. The van der Waals surface area contributed by atoms with Crippen LogP contribution in [-0.4, -0.2) is 34.8 Å². The first-order valence-electron chi connectivity index (χ1n) is 11.5. The molecule has 2 aliphatic carbocycles. The fourth-order valence-corrected chi connectivity index (χ4v) is 4.98. The van der Waals surface area contributed by atoms with Crippen LogP contribution in [0.5, 0.6) is 5.75 Å². The van der Waals surface area contributed by atoms with Crippen molar-refractivity contribution in [1.29, 1.82) is 0 Å². The highest BCUT2D eigenvalue weighted by Gasteiger charge is 2.51. The molecule has 3 amide bonds. The van der Waals surface area contributed by atoms with Gasteiger partial charge < -0.3 is 10.1 Å². The second kappa shape index (κ2) is 9.25. The van der Waals surface area contributed by atoms with Crippen LogP contribution in [0.25, 0.3) is 0 Å². The SMILES string of the molecule is CC(C)CC(C(=O)Nc1cccc(OC2CCCC2)c1)N1C(=O)C2CC=CCC2C1=O. The number of fused-ring (bicyclic) bond motifs is 1. The summed E-state index contributed by atoms with van der Waals surface area (Å²) in [7, 11) is 0. The van der Waals surface area contributed by atoms with Gasteiger partial charge in [0.25, 0.3) is 0 Å². The van der Waals surface area contributed by atoms with Crippen molar-refractivity contribution in [2.45, 2.75) is 70.9 Å². The Hall–Kier alpha value is -2.63. The van der Waals surface area contributed by atoms with E-state index in [9.17, 15) is 14.4 Å². The van der Waals surface area contributed by atoms with Crippen LogP contribution in [0, 0.1) is 17.8 Å². The number of imide groups is 1. The monoisotopic (exact) mass is 424 g/mol. The van der Waals surface area contributed by atoms with E-state index in [0.29, 0.717) is 24.9 Å². The second-order valence-electron chi connectivity index (χ2n) is 9.39. The summed E-state index contributed by atoms with van der Waals surface area (Å²) < 4.78 is 6.04. The lowest BCUT2D eigenvalue weighted by Crippen LogP contribution is -2.48. The molecule has 1 heterocycles. The number of hydrogen-bond acceptors (Lipinski definition) is 4. The molecule has 0 spiro atoms. The zero-order chi connectivity index (χ0) is 22.0. The summed E-state index contributed by atoms with van der Waals surface area (Å²) in [6, 6.07) is 6.57. The lowest BCUT2D eigenvalue weighted by Gasteiger charge is -2.27. The first kappa shape index (κ1) is 21.6. The van der Waals surface area contributed by atoms with Crippen molar-refractivity contribution in [3.8, 4) is 5.75 Å². The number of nitrogens with zero attached hydrogens (tertiary/aromatic N) is 1. The van der Waals surface area contributed by atoms with Gasteiger partial charge in [-0.25, -0.2) is 0 Å². The number of likely N-dealkylation sites (tertiary alicyclic amines) is 1. The van der Waals surface area contributed by atoms with Gasteiger partial charge in [-0.3, -0.25) is 19.3 Å². The van der Waals surface area contributed by atoms with Gasteiger partial charge in [-0.2, -0.15) is 0 Å². The summed E-state index contributed by atoms with van der Waals surface area (Å²) in [5.41, 5.74) is 0.618. The van der Waals surface area contributed by atoms with E-state index in [1.54, 1.807) is 0 Å². The smallest absolute Gasteiger partial charge is 0.247 e. The molecule has 3 aliphatic rings. The Morgan fingerprint density at radius 3 is 2.35 bits per heavy atom. The maximum Gasteiger partial charge on any atom is 0.247 e. The molecule has 1 saturated heterocycles. The maximum absolute atomic E-state index is 13.3. The van der Waals surface area contributed by atoms with Crippen molar-refractivity contribution in [2.24, 2.45) is 17.8 Å². The van der Waals surface area contributed by atoms with Crippen LogP contribution in [0.3, 0.4) is 0 Å². The molecule has 2 fully saturated rings. The Balaban J connectivity index is 1.50. The van der Waals surface area contributed by atoms with Gasteiger partial charge in [0.15, 0.2) is 0 Å². The van der Waals surface area contributed by atoms with E-state index in [4.69, 9.17) is 4.74 Å². The molecular weight excluding hydrogens is 392 g/mol. The van der Waals surface area contributed by atoms with Crippen LogP contribution < -0.4 is 10.1 Å². The fraction of sp³-hybridized carbons (Fsp3) is 0.560. The van der Waals surface area contributed by atoms with Crippen LogP contribution in [0.2, 0.25) is 0 Å². The summed E-state index contributed by atoms with van der Waals surface area (Å²) in [5, 5.41) is 2.93. The van der Waals surface area contributed by atoms with Gasteiger partial charge in [0.2, 0.25) is 17.7 Å². The number of carbonyl (C=O) groups excluding carboxylic acids is 3. The Morgan fingerprint density at radius 2 is 1.74 bits per heavy atom. The van der Waals surface area contributed by atoms with Crippen LogP contribution in [0.1, 0.15) is 58.8 Å². The number of nitrogens with one attached hydrogen (secondary N) is 1. The van der Waals surface area contributed by atoms with Crippen molar-refractivity contribution in [1.82, 2.24) is 4.90 Å². The number of carbonyl (C=O) groups is 3. The van der Waals surface area contributed by atoms with Crippen LogP contribution in [0.4, 0.5) is 5.69 Å². The molecule has 0 radical (unpaired) electrons. The van der Waals surface area contributed by atoms with Gasteiger partial charge in [-0.15, -0.1) is 0 Å². The van der Waals surface area contributed by atoms with Crippen molar-refractivity contribution < 1.29 is 19.1 Å². The number of hydrogen-bond donors (Lipinski definition) is 1. The fourth-order valence-electron chi connectivity index (χ4n) is 4.98. The Labute approximate surface area is 184 Å². The largest absolute Gasteiger partial charge is 0.490 e. The Morgan fingerprint density at radius 1 is 1.10 bits per heavy atom. The normalized spacial score (nSPS) is 24.5. The summed E-state index contributed by atoms with van der Waals surface area (Å²) >= 11 is 0. The first-order valence-corrected chi connectivity index (χ1v) is 11.5. The molecule has 31 heavy (non-hydrogen) atoms. The molecule has 3 unspecified atom stereocenters. The summed E-state index contributed by atoms with van der Waals surface area (Å²) in [4.78, 5) is 40.6. The van der Waals surface area contributed by atoms with Crippen LogP contribution in [0.15, 0.2) is 36.4 Å². The van der Waals surface area contributed by atoms with Gasteiger partial charge in [0.1, 0.15) is 11.8 Å². The van der Waals surface area contributed by atoms with Gasteiger partial charge in [0.05, 0.1) is 17.9 Å². The lowest BCUT2D eigenvalue weighted by atomic mass is 9.85. The third-order valence-electron chi connectivity index (χ3n) is 6.56. The van der Waals surface area contributed by atoms with Gasteiger partial charge in [-0.05, 0) is 63.0 Å². The second-order valence-corrected chi connectivity index (χ2v) is 9.39. The van der Waals surface area contributed by atoms with E-state index in [1.807, 2.05) is 50.3 Å². The zero-order valence-electron chi connectivity index (χ0n) is 18.4. The van der Waals surface area contributed by atoms with E-state index >= 15 is 0 Å². The van der Waals surface area contributed by atoms with E-state index in [-0.39, 0.29) is 41.6 Å².